The van der Waals surface area contributed by atoms with E-state index < -0.39 is 5.97 Å². The number of aliphatic hydroxyl groups is 1. The number of nitrogens with two attached hydrogens (primary N) is 1. The molecule has 0 heterocycles. The second-order valence-electron chi connectivity index (χ2n) is 4.31. The molecule has 110 valence electrons. The molecule has 0 aliphatic rings. The molecule has 0 spiro atoms. The van der Waals surface area contributed by atoms with Crippen LogP contribution in [-0.2, 0) is 6.61 Å². The molecule has 0 amide bonds. The Morgan fingerprint density at radius 1 is 1.14 bits per heavy atom. The SMILES string of the molecule is COc1cc(CO)ccc1Oc1ccc(N)cc1C(=O)O. The fraction of sp³-hybridized carbons (Fsp3) is 0.133. The first-order chi connectivity index (χ1) is 10.0. The highest BCUT2D eigenvalue weighted by Gasteiger charge is 2.14. The van der Waals surface area contributed by atoms with Crippen LogP contribution in [0, 0.1) is 0 Å². The Morgan fingerprint density at radius 2 is 1.86 bits per heavy atom. The van der Waals surface area contributed by atoms with Gasteiger partial charge in [0.1, 0.15) is 11.3 Å². The molecular formula is C15H15NO5. The lowest BCUT2D eigenvalue weighted by molar-refractivity contribution is 0.0694. The third kappa shape index (κ3) is 3.24. The predicted octanol–water partition coefficient (Wildman–Crippen LogP) is 2.26. The molecule has 0 aliphatic carbocycles. The summed E-state index contributed by atoms with van der Waals surface area (Å²) in [7, 11) is 1.46. The summed E-state index contributed by atoms with van der Waals surface area (Å²) in [6.45, 7) is -0.126. The van der Waals surface area contributed by atoms with Gasteiger partial charge in [0.15, 0.2) is 11.5 Å². The van der Waals surface area contributed by atoms with E-state index in [0.717, 1.165) is 0 Å². The number of carboxylic acid groups (broad SMARTS) is 1. The highest BCUT2D eigenvalue weighted by atomic mass is 16.5. The molecule has 6 heteroatoms. The molecule has 0 radical (unpaired) electrons. The topological polar surface area (TPSA) is 102 Å². The van der Waals surface area contributed by atoms with Crippen LogP contribution in [0.3, 0.4) is 0 Å². The van der Waals surface area contributed by atoms with E-state index in [-0.39, 0.29) is 17.9 Å². The molecule has 2 rings (SSSR count). The van der Waals surface area contributed by atoms with Crippen LogP contribution in [0.4, 0.5) is 5.69 Å². The van der Waals surface area contributed by atoms with Crippen molar-refractivity contribution in [2.45, 2.75) is 6.61 Å². The highest BCUT2D eigenvalue weighted by molar-refractivity contribution is 5.92. The first kappa shape index (κ1) is 14.7. The van der Waals surface area contributed by atoms with Gasteiger partial charge in [0.2, 0.25) is 0 Å². The average molecular weight is 289 g/mol. The Bertz CT molecular complexity index is 669. The van der Waals surface area contributed by atoms with Crippen LogP contribution in [0.2, 0.25) is 0 Å². The van der Waals surface area contributed by atoms with Gasteiger partial charge in [-0.15, -0.1) is 0 Å². The Morgan fingerprint density at radius 3 is 2.48 bits per heavy atom. The maximum atomic E-state index is 11.2. The van der Waals surface area contributed by atoms with Crippen LogP contribution in [0.15, 0.2) is 36.4 Å². The van der Waals surface area contributed by atoms with E-state index in [2.05, 4.69) is 0 Å². The first-order valence-electron chi connectivity index (χ1n) is 6.13. The van der Waals surface area contributed by atoms with E-state index in [1.807, 2.05) is 0 Å². The molecule has 2 aromatic carbocycles. The van der Waals surface area contributed by atoms with E-state index in [9.17, 15) is 9.90 Å². The lowest BCUT2D eigenvalue weighted by Gasteiger charge is -2.13. The second-order valence-corrected chi connectivity index (χ2v) is 4.31. The van der Waals surface area contributed by atoms with Gasteiger partial charge in [0.25, 0.3) is 0 Å². The van der Waals surface area contributed by atoms with Gasteiger partial charge >= 0.3 is 5.97 Å². The summed E-state index contributed by atoms with van der Waals surface area (Å²) in [5, 5.41) is 18.3. The number of aromatic carboxylic acids is 1. The van der Waals surface area contributed by atoms with Crippen LogP contribution >= 0.6 is 0 Å². The predicted molar refractivity (Wildman–Crippen MR) is 76.8 cm³/mol. The summed E-state index contributed by atoms with van der Waals surface area (Å²) in [4.78, 5) is 11.2. The number of nitrogen functional groups attached to an aromatic ring is 1. The zero-order chi connectivity index (χ0) is 15.4. The van der Waals surface area contributed by atoms with E-state index in [4.69, 9.17) is 20.3 Å². The highest BCUT2D eigenvalue weighted by Crippen LogP contribution is 2.34. The third-order valence-electron chi connectivity index (χ3n) is 2.86. The molecule has 0 saturated carbocycles. The van der Waals surface area contributed by atoms with Crippen LogP contribution in [0.1, 0.15) is 15.9 Å². The number of aliphatic hydroxyl groups excluding tert-OH is 1. The third-order valence-corrected chi connectivity index (χ3v) is 2.86. The molecule has 0 aromatic heterocycles. The fourth-order valence-corrected chi connectivity index (χ4v) is 1.82. The van der Waals surface area contributed by atoms with Gasteiger partial charge in [0, 0.05) is 5.69 Å². The Balaban J connectivity index is 2.40. The minimum Gasteiger partial charge on any atom is -0.493 e. The standard InChI is InChI=1S/C15H15NO5/c1-20-14-6-9(8-17)2-4-13(14)21-12-5-3-10(16)7-11(12)15(18)19/h2-7,17H,8,16H2,1H3,(H,18,19). The monoisotopic (exact) mass is 289 g/mol. The minimum atomic E-state index is -1.14. The lowest BCUT2D eigenvalue weighted by atomic mass is 10.1. The first-order valence-corrected chi connectivity index (χ1v) is 6.13. The number of carboxylic acids is 1. The molecular weight excluding hydrogens is 274 g/mol. The molecule has 0 saturated heterocycles. The van der Waals surface area contributed by atoms with Gasteiger partial charge in [-0.2, -0.15) is 0 Å². The number of hydrogen-bond donors (Lipinski definition) is 3. The van der Waals surface area contributed by atoms with Crippen LogP contribution in [0.25, 0.3) is 0 Å². The second kappa shape index (κ2) is 6.15. The summed E-state index contributed by atoms with van der Waals surface area (Å²) in [6.07, 6.45) is 0. The number of rotatable bonds is 5. The zero-order valence-electron chi connectivity index (χ0n) is 11.4. The summed E-state index contributed by atoms with van der Waals surface area (Å²) in [6, 6.07) is 9.25. The number of methoxy groups -OCH3 is 1. The van der Waals surface area contributed by atoms with E-state index in [1.54, 1.807) is 24.3 Å². The summed E-state index contributed by atoms with van der Waals surface area (Å²) >= 11 is 0. The number of benzene rings is 2. The maximum absolute atomic E-state index is 11.2. The van der Waals surface area contributed by atoms with Crippen molar-refractivity contribution in [1.82, 2.24) is 0 Å². The van der Waals surface area contributed by atoms with Crippen molar-refractivity contribution >= 4 is 11.7 Å². The molecule has 2 aromatic rings. The van der Waals surface area contributed by atoms with Crippen molar-refractivity contribution < 1.29 is 24.5 Å². The zero-order valence-corrected chi connectivity index (χ0v) is 11.4. The van der Waals surface area contributed by atoms with E-state index in [0.29, 0.717) is 22.7 Å². The van der Waals surface area contributed by atoms with Gasteiger partial charge in [-0.05, 0) is 35.9 Å². The fourth-order valence-electron chi connectivity index (χ4n) is 1.82. The number of anilines is 1. The van der Waals surface area contributed by atoms with Gasteiger partial charge < -0.3 is 25.4 Å². The van der Waals surface area contributed by atoms with E-state index >= 15 is 0 Å². The van der Waals surface area contributed by atoms with E-state index in [1.165, 1.54) is 19.2 Å². The van der Waals surface area contributed by atoms with Gasteiger partial charge in [-0.25, -0.2) is 4.79 Å². The maximum Gasteiger partial charge on any atom is 0.339 e. The molecule has 0 bridgehead atoms. The van der Waals surface area contributed by atoms with Crippen molar-refractivity contribution in [2.75, 3.05) is 12.8 Å². The van der Waals surface area contributed by atoms with Crippen molar-refractivity contribution in [3.63, 3.8) is 0 Å². The summed E-state index contributed by atoms with van der Waals surface area (Å²) < 4.78 is 10.8. The molecule has 21 heavy (non-hydrogen) atoms. The van der Waals surface area contributed by atoms with Gasteiger partial charge in [-0.1, -0.05) is 6.07 Å². The van der Waals surface area contributed by atoms with Gasteiger partial charge in [-0.3, -0.25) is 0 Å². The number of hydrogen-bond acceptors (Lipinski definition) is 5. The van der Waals surface area contributed by atoms with Crippen LogP contribution in [0.5, 0.6) is 17.2 Å². The molecule has 0 aliphatic heterocycles. The van der Waals surface area contributed by atoms with Crippen LogP contribution in [-0.4, -0.2) is 23.3 Å². The number of ether oxygens (including phenoxy) is 2. The Labute approximate surface area is 121 Å². The molecule has 0 fully saturated rings. The molecule has 0 unspecified atom stereocenters. The van der Waals surface area contributed by atoms with Gasteiger partial charge in [0.05, 0.1) is 13.7 Å². The smallest absolute Gasteiger partial charge is 0.339 e. The minimum absolute atomic E-state index is 0.0386. The average Bonchev–Trinajstić information content (AvgIpc) is 2.49. The quantitative estimate of drug-likeness (QED) is 0.730. The molecule has 0 atom stereocenters. The number of carbonyl (C=O) groups is 1. The summed E-state index contributed by atoms with van der Waals surface area (Å²) in [5.74, 6) is -0.230. The van der Waals surface area contributed by atoms with Crippen molar-refractivity contribution in [2.24, 2.45) is 0 Å². The normalized spacial score (nSPS) is 10.2. The van der Waals surface area contributed by atoms with Crippen molar-refractivity contribution in [3.8, 4) is 17.2 Å². The van der Waals surface area contributed by atoms with Crippen LogP contribution < -0.4 is 15.2 Å². The van der Waals surface area contributed by atoms with Crippen molar-refractivity contribution in [3.05, 3.63) is 47.5 Å². The largest absolute Gasteiger partial charge is 0.493 e. The lowest BCUT2D eigenvalue weighted by Crippen LogP contribution is -2.02. The molecule has 6 nitrogen and oxygen atoms in total. The summed E-state index contributed by atoms with van der Waals surface area (Å²) in [5.41, 5.74) is 6.54. The Kier molecular flexibility index (Phi) is 4.30. The van der Waals surface area contributed by atoms with Crippen molar-refractivity contribution in [1.29, 1.82) is 0 Å². The molecule has 4 N–H and O–H groups in total. The Hall–Kier alpha value is -2.73.